The van der Waals surface area contributed by atoms with Gasteiger partial charge in [-0.3, -0.25) is 4.79 Å². The number of nitrogens with two attached hydrogens (primary N) is 1. The van der Waals surface area contributed by atoms with Gasteiger partial charge in [-0.25, -0.2) is 4.79 Å². The summed E-state index contributed by atoms with van der Waals surface area (Å²) >= 11 is 0.928. The van der Waals surface area contributed by atoms with Crippen molar-refractivity contribution in [3.8, 4) is 0 Å². The van der Waals surface area contributed by atoms with Gasteiger partial charge in [0.1, 0.15) is 10.6 Å². The second-order valence-electron chi connectivity index (χ2n) is 4.24. The average Bonchev–Trinajstić information content (AvgIpc) is 2.70. The quantitative estimate of drug-likeness (QED) is 0.477. The Hall–Kier alpha value is -1.77. The maximum Gasteiger partial charge on any atom is 0.389 e. The van der Waals surface area contributed by atoms with Crippen LogP contribution in [0.4, 0.5) is 23.9 Å². The third kappa shape index (κ3) is 4.62. The predicted molar refractivity (Wildman–Crippen MR) is 73.9 cm³/mol. The number of nitrogen functional groups attached to an aromatic ring is 1. The Bertz CT molecular complexity index is 541. The molecule has 0 aromatic carbocycles. The maximum atomic E-state index is 12.1. The molecule has 118 valence electrons. The molecule has 0 atom stereocenters. The Balaban J connectivity index is 2.88. The molecule has 5 nitrogen and oxygen atoms in total. The average molecular weight is 324 g/mol. The van der Waals surface area contributed by atoms with Gasteiger partial charge in [-0.05, 0) is 6.42 Å². The van der Waals surface area contributed by atoms with E-state index in [0.717, 1.165) is 18.4 Å². The van der Waals surface area contributed by atoms with Crippen LogP contribution in [0.25, 0.3) is 0 Å². The normalized spacial score (nSPS) is 11.3. The number of alkyl halides is 3. The van der Waals surface area contributed by atoms with Crippen molar-refractivity contribution >= 4 is 33.8 Å². The topological polar surface area (TPSA) is 81.4 Å². The summed E-state index contributed by atoms with van der Waals surface area (Å²) in [4.78, 5) is 23.2. The Morgan fingerprint density at radius 2 is 2.00 bits per heavy atom. The van der Waals surface area contributed by atoms with Crippen molar-refractivity contribution < 1.29 is 27.5 Å². The fourth-order valence-electron chi connectivity index (χ4n) is 1.63. The molecule has 3 N–H and O–H groups in total. The molecule has 0 unspecified atom stereocenters. The van der Waals surface area contributed by atoms with Crippen LogP contribution in [-0.4, -0.2) is 31.6 Å². The standard InChI is InChI=1S/C12H15F3N2O3S/c1-6(18)9-8(16)7(11(19)20-2)10(21-9)17-5-3-4-12(13,14)15/h17H,3-5,16H2,1-2H3. The second kappa shape index (κ2) is 6.79. The van der Waals surface area contributed by atoms with Gasteiger partial charge in [0.15, 0.2) is 5.78 Å². The van der Waals surface area contributed by atoms with Crippen molar-refractivity contribution in [1.29, 1.82) is 0 Å². The van der Waals surface area contributed by atoms with E-state index in [4.69, 9.17) is 5.73 Å². The number of methoxy groups -OCH3 is 1. The molecule has 0 amide bonds. The zero-order chi connectivity index (χ0) is 16.2. The van der Waals surface area contributed by atoms with Crippen LogP contribution in [-0.2, 0) is 4.74 Å². The van der Waals surface area contributed by atoms with E-state index < -0.39 is 18.6 Å². The molecule has 0 aliphatic heterocycles. The van der Waals surface area contributed by atoms with E-state index in [1.54, 1.807) is 0 Å². The van der Waals surface area contributed by atoms with E-state index in [1.165, 1.54) is 6.92 Å². The highest BCUT2D eigenvalue weighted by Crippen LogP contribution is 2.36. The molecule has 0 aliphatic carbocycles. The number of thiophene rings is 1. The number of carbonyl (C=O) groups is 2. The van der Waals surface area contributed by atoms with Crippen LogP contribution in [0.1, 0.15) is 39.8 Å². The zero-order valence-electron chi connectivity index (χ0n) is 11.5. The van der Waals surface area contributed by atoms with Crippen molar-refractivity contribution in [2.75, 3.05) is 24.7 Å². The van der Waals surface area contributed by atoms with Crippen LogP contribution < -0.4 is 11.1 Å². The fourth-order valence-corrected chi connectivity index (χ4v) is 2.65. The summed E-state index contributed by atoms with van der Waals surface area (Å²) in [6.07, 6.45) is -5.32. The molecule has 0 spiro atoms. The lowest BCUT2D eigenvalue weighted by Gasteiger charge is -2.08. The number of ketones is 1. The summed E-state index contributed by atoms with van der Waals surface area (Å²) in [5, 5.41) is 2.94. The number of nitrogens with one attached hydrogen (secondary N) is 1. The Kier molecular flexibility index (Phi) is 5.59. The lowest BCUT2D eigenvalue weighted by molar-refractivity contribution is -0.134. The molecule has 0 fully saturated rings. The first kappa shape index (κ1) is 17.3. The number of ether oxygens (including phenoxy) is 1. The number of esters is 1. The van der Waals surface area contributed by atoms with Crippen LogP contribution >= 0.6 is 11.3 Å². The molecule has 21 heavy (non-hydrogen) atoms. The van der Waals surface area contributed by atoms with Crippen molar-refractivity contribution in [1.82, 2.24) is 0 Å². The molecule has 0 bridgehead atoms. The van der Waals surface area contributed by atoms with Crippen LogP contribution in [0.15, 0.2) is 0 Å². The second-order valence-corrected chi connectivity index (χ2v) is 5.26. The van der Waals surface area contributed by atoms with Crippen molar-refractivity contribution in [2.45, 2.75) is 25.9 Å². The first-order valence-corrected chi connectivity index (χ1v) is 6.81. The summed E-state index contributed by atoms with van der Waals surface area (Å²) in [7, 11) is 1.15. The molecule has 1 heterocycles. The molecule has 9 heteroatoms. The smallest absolute Gasteiger partial charge is 0.389 e. The minimum Gasteiger partial charge on any atom is -0.465 e. The number of rotatable bonds is 6. The number of halogens is 3. The van der Waals surface area contributed by atoms with Gasteiger partial charge in [0.05, 0.1) is 17.7 Å². The number of Topliss-reactive ketones (excluding diaryl/α,β-unsaturated/α-hetero) is 1. The lowest BCUT2D eigenvalue weighted by Crippen LogP contribution is -2.12. The van der Waals surface area contributed by atoms with Gasteiger partial charge in [-0.15, -0.1) is 11.3 Å². The first-order valence-electron chi connectivity index (χ1n) is 5.99. The fraction of sp³-hybridized carbons (Fsp3) is 0.500. The van der Waals surface area contributed by atoms with E-state index in [1.807, 2.05) is 0 Å². The minimum absolute atomic E-state index is 0.000796. The maximum absolute atomic E-state index is 12.1. The van der Waals surface area contributed by atoms with E-state index >= 15 is 0 Å². The van der Waals surface area contributed by atoms with Gasteiger partial charge in [0, 0.05) is 19.9 Å². The molecule has 1 rings (SSSR count). The van der Waals surface area contributed by atoms with Crippen molar-refractivity contribution in [3.05, 3.63) is 10.4 Å². The Morgan fingerprint density at radius 1 is 1.38 bits per heavy atom. The third-order valence-corrected chi connectivity index (χ3v) is 3.84. The summed E-state index contributed by atoms with van der Waals surface area (Å²) in [6.45, 7) is 1.29. The zero-order valence-corrected chi connectivity index (χ0v) is 12.3. The number of anilines is 2. The van der Waals surface area contributed by atoms with Crippen LogP contribution in [0.5, 0.6) is 0 Å². The van der Waals surface area contributed by atoms with Gasteiger partial charge in [-0.2, -0.15) is 13.2 Å². The summed E-state index contributed by atoms with van der Waals surface area (Å²) in [5.74, 6) is -1.07. The number of hydrogen-bond acceptors (Lipinski definition) is 6. The monoisotopic (exact) mass is 324 g/mol. The van der Waals surface area contributed by atoms with E-state index in [0.29, 0.717) is 0 Å². The largest absolute Gasteiger partial charge is 0.465 e. The van der Waals surface area contributed by atoms with Crippen LogP contribution in [0, 0.1) is 0 Å². The minimum atomic E-state index is -4.23. The molecule has 0 saturated heterocycles. The Morgan fingerprint density at radius 3 is 2.48 bits per heavy atom. The van der Waals surface area contributed by atoms with Gasteiger partial charge in [-0.1, -0.05) is 0 Å². The summed E-state index contributed by atoms with van der Waals surface area (Å²) in [5.41, 5.74) is 5.69. The third-order valence-electron chi connectivity index (χ3n) is 2.58. The first-order chi connectivity index (χ1) is 9.67. The lowest BCUT2D eigenvalue weighted by atomic mass is 10.2. The number of hydrogen-bond donors (Lipinski definition) is 2. The Labute approximate surface area is 123 Å². The van der Waals surface area contributed by atoms with E-state index in [9.17, 15) is 22.8 Å². The molecule has 1 aromatic rings. The molecule has 0 radical (unpaired) electrons. The van der Waals surface area contributed by atoms with Gasteiger partial charge in [0.25, 0.3) is 0 Å². The highest BCUT2D eigenvalue weighted by Gasteiger charge is 2.27. The van der Waals surface area contributed by atoms with Crippen molar-refractivity contribution in [3.63, 3.8) is 0 Å². The predicted octanol–water partition coefficient (Wildman–Crippen LogP) is 3.07. The molecular weight excluding hydrogens is 309 g/mol. The molecule has 1 aromatic heterocycles. The molecular formula is C12H15F3N2O3S. The highest BCUT2D eigenvalue weighted by molar-refractivity contribution is 7.19. The van der Waals surface area contributed by atoms with Crippen LogP contribution in [0.3, 0.4) is 0 Å². The van der Waals surface area contributed by atoms with E-state index in [-0.39, 0.29) is 39.9 Å². The highest BCUT2D eigenvalue weighted by atomic mass is 32.1. The molecule has 0 aliphatic rings. The molecule has 0 saturated carbocycles. The van der Waals surface area contributed by atoms with Gasteiger partial charge >= 0.3 is 12.1 Å². The van der Waals surface area contributed by atoms with Gasteiger partial charge in [0.2, 0.25) is 0 Å². The summed E-state index contributed by atoms with van der Waals surface area (Å²) < 4.78 is 40.7. The summed E-state index contributed by atoms with van der Waals surface area (Å²) in [6, 6.07) is 0. The van der Waals surface area contributed by atoms with E-state index in [2.05, 4.69) is 10.1 Å². The SMILES string of the molecule is COC(=O)c1c(NCCCC(F)(F)F)sc(C(C)=O)c1N. The number of carbonyl (C=O) groups excluding carboxylic acids is 2. The van der Waals surface area contributed by atoms with Crippen LogP contribution in [0.2, 0.25) is 0 Å². The van der Waals surface area contributed by atoms with Crippen molar-refractivity contribution in [2.24, 2.45) is 0 Å². The van der Waals surface area contributed by atoms with Gasteiger partial charge < -0.3 is 15.8 Å².